The maximum Gasteiger partial charge on any atom is 0.233 e. The zero-order chi connectivity index (χ0) is 11.9. The molecule has 0 unspecified atom stereocenters. The molecule has 0 spiro atoms. The van der Waals surface area contributed by atoms with Crippen molar-refractivity contribution < 1.29 is 9.32 Å². The van der Waals surface area contributed by atoms with Crippen LogP contribution in [0.5, 0.6) is 0 Å². The van der Waals surface area contributed by atoms with Gasteiger partial charge in [-0.2, -0.15) is 4.98 Å². The minimum atomic E-state index is 0.0245. The molecule has 6 nitrogen and oxygen atoms in total. The summed E-state index contributed by atoms with van der Waals surface area (Å²) in [6, 6.07) is 0.525. The summed E-state index contributed by atoms with van der Waals surface area (Å²) in [5.74, 6) is 0.575. The Hall–Kier alpha value is -1.43. The van der Waals surface area contributed by atoms with Crippen molar-refractivity contribution in [2.75, 3.05) is 13.1 Å². The molecular weight excluding hydrogens is 220 g/mol. The van der Waals surface area contributed by atoms with Crippen LogP contribution in [0.15, 0.2) is 10.9 Å². The van der Waals surface area contributed by atoms with Crippen molar-refractivity contribution in [1.82, 2.24) is 20.8 Å². The van der Waals surface area contributed by atoms with Gasteiger partial charge in [0.25, 0.3) is 0 Å². The van der Waals surface area contributed by atoms with Crippen LogP contribution in [0.3, 0.4) is 0 Å². The first-order valence-corrected chi connectivity index (χ1v) is 6.10. The molecule has 1 aromatic rings. The van der Waals surface area contributed by atoms with Crippen molar-refractivity contribution in [3.05, 3.63) is 12.2 Å². The molecule has 1 aliphatic carbocycles. The molecule has 0 aliphatic heterocycles. The Morgan fingerprint density at radius 1 is 1.47 bits per heavy atom. The fourth-order valence-electron chi connectivity index (χ4n) is 2.04. The van der Waals surface area contributed by atoms with Crippen LogP contribution in [0.2, 0.25) is 0 Å². The zero-order valence-corrected chi connectivity index (χ0v) is 9.82. The molecule has 6 heteroatoms. The Kier molecular flexibility index (Phi) is 4.49. The number of amides is 1. The summed E-state index contributed by atoms with van der Waals surface area (Å²) in [6.45, 7) is 0.932. The van der Waals surface area contributed by atoms with Crippen LogP contribution in [-0.4, -0.2) is 35.2 Å². The van der Waals surface area contributed by atoms with Gasteiger partial charge in [-0.15, -0.1) is 0 Å². The SMILES string of the molecule is O=C(CNC1CCCC1)NCCc1ncno1. The predicted molar refractivity (Wildman–Crippen MR) is 61.3 cm³/mol. The Balaban J connectivity index is 1.54. The highest BCUT2D eigenvalue weighted by Crippen LogP contribution is 2.17. The molecule has 1 aromatic heterocycles. The van der Waals surface area contributed by atoms with Gasteiger partial charge in [-0.25, -0.2) is 0 Å². The highest BCUT2D eigenvalue weighted by atomic mass is 16.5. The second-order valence-corrected chi connectivity index (χ2v) is 4.30. The monoisotopic (exact) mass is 238 g/mol. The van der Waals surface area contributed by atoms with Crippen LogP contribution >= 0.6 is 0 Å². The van der Waals surface area contributed by atoms with E-state index in [1.165, 1.54) is 32.0 Å². The van der Waals surface area contributed by atoms with Crippen molar-refractivity contribution in [2.45, 2.75) is 38.1 Å². The van der Waals surface area contributed by atoms with E-state index in [0.29, 0.717) is 31.4 Å². The van der Waals surface area contributed by atoms with Crippen LogP contribution in [0.25, 0.3) is 0 Å². The lowest BCUT2D eigenvalue weighted by Gasteiger charge is -2.11. The first-order valence-electron chi connectivity index (χ1n) is 6.10. The molecule has 94 valence electrons. The molecule has 1 saturated carbocycles. The first-order chi connectivity index (χ1) is 8.34. The fourth-order valence-corrected chi connectivity index (χ4v) is 2.04. The molecule has 1 aliphatic rings. The first kappa shape index (κ1) is 12.0. The van der Waals surface area contributed by atoms with Gasteiger partial charge in [-0.1, -0.05) is 18.0 Å². The van der Waals surface area contributed by atoms with Crippen molar-refractivity contribution >= 4 is 5.91 Å². The van der Waals surface area contributed by atoms with Gasteiger partial charge in [0.15, 0.2) is 6.33 Å². The van der Waals surface area contributed by atoms with E-state index in [1.807, 2.05) is 0 Å². The number of hydrogen-bond acceptors (Lipinski definition) is 5. The van der Waals surface area contributed by atoms with E-state index in [1.54, 1.807) is 0 Å². The summed E-state index contributed by atoms with van der Waals surface area (Å²) in [7, 11) is 0. The predicted octanol–water partition coefficient (Wildman–Crippen LogP) is 0.260. The summed E-state index contributed by atoms with van der Waals surface area (Å²) in [6.07, 6.45) is 6.87. The van der Waals surface area contributed by atoms with E-state index in [0.717, 1.165) is 0 Å². The minimum absolute atomic E-state index is 0.0245. The average Bonchev–Trinajstić information content (AvgIpc) is 2.99. The highest BCUT2D eigenvalue weighted by molar-refractivity contribution is 5.77. The molecule has 0 bridgehead atoms. The minimum Gasteiger partial charge on any atom is -0.354 e. The van der Waals surface area contributed by atoms with E-state index in [2.05, 4.69) is 20.8 Å². The van der Waals surface area contributed by atoms with Gasteiger partial charge in [0.2, 0.25) is 11.8 Å². The van der Waals surface area contributed by atoms with Gasteiger partial charge in [0.1, 0.15) is 0 Å². The number of rotatable bonds is 6. The van der Waals surface area contributed by atoms with E-state index in [4.69, 9.17) is 4.52 Å². The highest BCUT2D eigenvalue weighted by Gasteiger charge is 2.14. The van der Waals surface area contributed by atoms with Gasteiger partial charge >= 0.3 is 0 Å². The van der Waals surface area contributed by atoms with Gasteiger partial charge in [-0.3, -0.25) is 4.79 Å². The standard InChI is InChI=1S/C11H18N4O2/c16-10(7-13-9-3-1-2-4-9)12-6-5-11-14-8-15-17-11/h8-9,13H,1-7H2,(H,12,16). The van der Waals surface area contributed by atoms with E-state index >= 15 is 0 Å². The molecule has 2 rings (SSSR count). The fraction of sp³-hybridized carbons (Fsp3) is 0.727. The third-order valence-electron chi connectivity index (χ3n) is 2.97. The lowest BCUT2D eigenvalue weighted by Crippen LogP contribution is -2.38. The number of nitrogens with one attached hydrogen (secondary N) is 2. The van der Waals surface area contributed by atoms with Crippen molar-refractivity contribution in [3.8, 4) is 0 Å². The summed E-state index contributed by atoms with van der Waals surface area (Å²) in [5, 5.41) is 9.57. The number of carbonyl (C=O) groups excluding carboxylic acids is 1. The summed E-state index contributed by atoms with van der Waals surface area (Å²) in [5.41, 5.74) is 0. The molecule has 0 radical (unpaired) electrons. The van der Waals surface area contributed by atoms with Gasteiger partial charge in [-0.05, 0) is 12.8 Å². The van der Waals surface area contributed by atoms with Gasteiger partial charge in [0.05, 0.1) is 6.54 Å². The lowest BCUT2D eigenvalue weighted by molar-refractivity contribution is -0.120. The van der Waals surface area contributed by atoms with Crippen LogP contribution in [0.4, 0.5) is 0 Å². The van der Waals surface area contributed by atoms with Crippen LogP contribution in [0.1, 0.15) is 31.6 Å². The molecule has 0 aromatic carbocycles. The third kappa shape index (κ3) is 4.14. The lowest BCUT2D eigenvalue weighted by atomic mass is 10.2. The van der Waals surface area contributed by atoms with Crippen LogP contribution in [-0.2, 0) is 11.2 Å². The van der Waals surface area contributed by atoms with Crippen molar-refractivity contribution in [3.63, 3.8) is 0 Å². The van der Waals surface area contributed by atoms with Crippen LogP contribution < -0.4 is 10.6 Å². The number of hydrogen-bond donors (Lipinski definition) is 2. The third-order valence-corrected chi connectivity index (χ3v) is 2.97. The number of aromatic nitrogens is 2. The molecule has 1 amide bonds. The molecule has 2 N–H and O–H groups in total. The molecule has 1 heterocycles. The summed E-state index contributed by atoms with van der Waals surface area (Å²) < 4.78 is 4.83. The van der Waals surface area contributed by atoms with Crippen molar-refractivity contribution in [1.29, 1.82) is 0 Å². The van der Waals surface area contributed by atoms with E-state index < -0.39 is 0 Å². The smallest absolute Gasteiger partial charge is 0.233 e. The van der Waals surface area contributed by atoms with E-state index in [-0.39, 0.29) is 5.91 Å². The van der Waals surface area contributed by atoms with Crippen molar-refractivity contribution in [2.24, 2.45) is 0 Å². The van der Waals surface area contributed by atoms with Gasteiger partial charge in [0, 0.05) is 19.0 Å². The number of carbonyl (C=O) groups is 1. The topological polar surface area (TPSA) is 80.0 Å². The largest absolute Gasteiger partial charge is 0.354 e. The Bertz CT molecular complexity index is 333. The quantitative estimate of drug-likeness (QED) is 0.743. The molecular formula is C11H18N4O2. The zero-order valence-electron chi connectivity index (χ0n) is 9.82. The normalized spacial score (nSPS) is 16.2. The summed E-state index contributed by atoms with van der Waals surface area (Å²) in [4.78, 5) is 15.4. The van der Waals surface area contributed by atoms with Gasteiger partial charge < -0.3 is 15.2 Å². The average molecular weight is 238 g/mol. The molecule has 1 fully saturated rings. The molecule has 0 saturated heterocycles. The molecule has 17 heavy (non-hydrogen) atoms. The maximum atomic E-state index is 11.5. The van der Waals surface area contributed by atoms with Crippen LogP contribution in [0, 0.1) is 0 Å². The van der Waals surface area contributed by atoms with E-state index in [9.17, 15) is 4.79 Å². The maximum absolute atomic E-state index is 11.5. The second kappa shape index (κ2) is 6.34. The Morgan fingerprint density at radius 2 is 2.29 bits per heavy atom. The number of nitrogens with zero attached hydrogens (tertiary/aromatic N) is 2. The Labute approximate surface area is 100 Å². The summed E-state index contributed by atoms with van der Waals surface area (Å²) >= 11 is 0. The second-order valence-electron chi connectivity index (χ2n) is 4.30. The molecule has 0 atom stereocenters. The Morgan fingerprint density at radius 3 is 3.00 bits per heavy atom.